The third kappa shape index (κ3) is 3.06. The maximum Gasteiger partial charge on any atom is 0.221 e. The summed E-state index contributed by atoms with van der Waals surface area (Å²) in [6.45, 7) is -0.101. The molecule has 0 spiro atoms. The number of hydrogen-bond acceptors (Lipinski definition) is 4. The molecular weight excluding hydrogens is 268 g/mol. The summed E-state index contributed by atoms with van der Waals surface area (Å²) in [4.78, 5) is 12.1. The van der Waals surface area contributed by atoms with Crippen molar-refractivity contribution in [3.8, 4) is 11.5 Å². The summed E-state index contributed by atoms with van der Waals surface area (Å²) in [6, 6.07) is 6.88. The van der Waals surface area contributed by atoms with E-state index in [1.807, 2.05) is 0 Å². The number of Topliss-reactive ketones (excluding diaryl/α,β-unsaturated/α-hetero) is 1. The Hall–Kier alpha value is -2.01. The van der Waals surface area contributed by atoms with Gasteiger partial charge in [0.25, 0.3) is 0 Å². The van der Waals surface area contributed by atoms with Crippen molar-refractivity contribution in [2.75, 3.05) is 13.7 Å². The van der Waals surface area contributed by atoms with Gasteiger partial charge in [0, 0.05) is 12.1 Å². The third-order valence-corrected chi connectivity index (χ3v) is 2.79. The minimum absolute atomic E-state index is 0.101. The number of halogens is 1. The molecule has 0 atom stereocenters. The molecule has 0 amide bonds. The minimum Gasteiger partial charge on any atom is -0.493 e. The van der Waals surface area contributed by atoms with Crippen LogP contribution in [0.4, 0.5) is 0 Å². The molecule has 0 aliphatic carbocycles. The van der Waals surface area contributed by atoms with Crippen LogP contribution in [0, 0.1) is 0 Å². The van der Waals surface area contributed by atoms with Gasteiger partial charge in [0.15, 0.2) is 12.4 Å². The second-order valence-electron chi connectivity index (χ2n) is 3.85. The molecule has 2 rings (SSSR count). The number of methoxy groups -OCH3 is 1. The molecule has 1 aromatic heterocycles. The molecule has 0 aliphatic heterocycles. The van der Waals surface area contributed by atoms with Crippen molar-refractivity contribution in [3.63, 3.8) is 0 Å². The van der Waals surface area contributed by atoms with E-state index in [-0.39, 0.29) is 12.4 Å². The number of carbonyl (C=O) groups excluding carboxylic acids is 1. The first-order valence-electron chi connectivity index (χ1n) is 5.59. The molecule has 1 heterocycles. The number of aryl methyl sites for hydroxylation is 1. The number of hydrogen-bond donors (Lipinski definition) is 0. The molecule has 0 saturated carbocycles. The van der Waals surface area contributed by atoms with Crippen LogP contribution in [0.3, 0.4) is 0 Å². The second kappa shape index (κ2) is 5.75. The van der Waals surface area contributed by atoms with Gasteiger partial charge in [0.1, 0.15) is 11.4 Å². The molecule has 19 heavy (non-hydrogen) atoms. The normalized spacial score (nSPS) is 10.3. The van der Waals surface area contributed by atoms with Crippen LogP contribution in [0.15, 0.2) is 30.5 Å². The van der Waals surface area contributed by atoms with Gasteiger partial charge in [-0.15, -0.1) is 0 Å². The number of rotatable bonds is 5. The molecule has 0 radical (unpaired) electrons. The molecule has 1 aromatic carbocycles. The first kappa shape index (κ1) is 13.4. The number of nitrogens with zero attached hydrogens (tertiary/aromatic N) is 2. The van der Waals surface area contributed by atoms with Crippen LogP contribution in [0.2, 0.25) is 5.02 Å². The van der Waals surface area contributed by atoms with Crippen molar-refractivity contribution in [2.45, 2.75) is 0 Å². The van der Waals surface area contributed by atoms with Crippen molar-refractivity contribution in [1.29, 1.82) is 0 Å². The monoisotopic (exact) mass is 280 g/mol. The topological polar surface area (TPSA) is 53.4 Å². The zero-order chi connectivity index (χ0) is 13.8. The van der Waals surface area contributed by atoms with E-state index in [0.717, 1.165) is 0 Å². The lowest BCUT2D eigenvalue weighted by atomic mass is 10.3. The summed E-state index contributed by atoms with van der Waals surface area (Å²) in [5.41, 5.74) is 0.379. The standard InChI is InChI=1S/C13H13ClN2O3/c1-16-13(12(18-2)7-15-16)11(17)8-19-10-5-3-4-9(14)6-10/h3-7H,8H2,1-2H3. The van der Waals surface area contributed by atoms with Crippen molar-refractivity contribution in [3.05, 3.63) is 41.2 Å². The Bertz CT molecular complexity index is 595. The smallest absolute Gasteiger partial charge is 0.221 e. The van der Waals surface area contributed by atoms with E-state index in [4.69, 9.17) is 21.1 Å². The molecule has 0 N–H and O–H groups in total. The number of benzene rings is 1. The summed E-state index contributed by atoms with van der Waals surface area (Å²) in [5.74, 6) is 0.765. The fourth-order valence-corrected chi connectivity index (χ4v) is 1.84. The van der Waals surface area contributed by atoms with E-state index in [9.17, 15) is 4.79 Å². The van der Waals surface area contributed by atoms with E-state index in [2.05, 4.69) is 5.10 Å². The minimum atomic E-state index is -0.211. The van der Waals surface area contributed by atoms with E-state index in [0.29, 0.717) is 22.2 Å². The Labute approximate surface area is 115 Å². The van der Waals surface area contributed by atoms with Gasteiger partial charge < -0.3 is 9.47 Å². The quantitative estimate of drug-likeness (QED) is 0.789. The maximum absolute atomic E-state index is 12.1. The molecule has 2 aromatic rings. The number of aromatic nitrogens is 2. The fourth-order valence-electron chi connectivity index (χ4n) is 1.66. The van der Waals surface area contributed by atoms with E-state index in [1.165, 1.54) is 18.0 Å². The first-order valence-corrected chi connectivity index (χ1v) is 5.97. The number of carbonyl (C=O) groups is 1. The van der Waals surface area contributed by atoms with E-state index in [1.54, 1.807) is 31.3 Å². The summed E-state index contributed by atoms with van der Waals surface area (Å²) in [5, 5.41) is 4.53. The van der Waals surface area contributed by atoms with Gasteiger partial charge in [-0.25, -0.2) is 0 Å². The second-order valence-corrected chi connectivity index (χ2v) is 4.29. The predicted octanol–water partition coefficient (Wildman–Crippen LogP) is 2.34. The lowest BCUT2D eigenvalue weighted by Gasteiger charge is -2.07. The zero-order valence-corrected chi connectivity index (χ0v) is 11.3. The highest BCUT2D eigenvalue weighted by molar-refractivity contribution is 6.30. The van der Waals surface area contributed by atoms with Crippen LogP contribution in [-0.2, 0) is 7.05 Å². The van der Waals surface area contributed by atoms with Crippen LogP contribution in [0.5, 0.6) is 11.5 Å². The van der Waals surface area contributed by atoms with Crippen molar-refractivity contribution >= 4 is 17.4 Å². The molecule has 5 nitrogen and oxygen atoms in total. The predicted molar refractivity (Wildman–Crippen MR) is 71.0 cm³/mol. The highest BCUT2D eigenvalue weighted by Crippen LogP contribution is 2.19. The first-order chi connectivity index (χ1) is 9.11. The van der Waals surface area contributed by atoms with Crippen LogP contribution in [0.25, 0.3) is 0 Å². The van der Waals surface area contributed by atoms with Gasteiger partial charge in [-0.3, -0.25) is 9.48 Å². The molecule has 0 bridgehead atoms. The third-order valence-electron chi connectivity index (χ3n) is 2.56. The van der Waals surface area contributed by atoms with Gasteiger partial charge in [0.05, 0.1) is 13.3 Å². The SMILES string of the molecule is COc1cnn(C)c1C(=O)COc1cccc(Cl)c1. The van der Waals surface area contributed by atoms with Crippen LogP contribution < -0.4 is 9.47 Å². The molecule has 0 saturated heterocycles. The summed E-state index contributed by atoms with van der Waals surface area (Å²) < 4.78 is 11.9. The fraction of sp³-hybridized carbons (Fsp3) is 0.231. The molecular formula is C13H13ClN2O3. The molecule has 0 unspecified atom stereocenters. The van der Waals surface area contributed by atoms with Gasteiger partial charge in [-0.2, -0.15) is 5.10 Å². The van der Waals surface area contributed by atoms with Gasteiger partial charge in [-0.1, -0.05) is 17.7 Å². The van der Waals surface area contributed by atoms with Crippen molar-refractivity contribution < 1.29 is 14.3 Å². The van der Waals surface area contributed by atoms with Gasteiger partial charge in [-0.05, 0) is 18.2 Å². The Morgan fingerprint density at radius 2 is 2.26 bits per heavy atom. The summed E-state index contributed by atoms with van der Waals surface area (Å²) >= 11 is 5.83. The van der Waals surface area contributed by atoms with Crippen LogP contribution in [-0.4, -0.2) is 29.3 Å². The Morgan fingerprint density at radius 1 is 1.47 bits per heavy atom. The van der Waals surface area contributed by atoms with Crippen molar-refractivity contribution in [2.24, 2.45) is 7.05 Å². The van der Waals surface area contributed by atoms with Gasteiger partial charge >= 0.3 is 0 Å². The lowest BCUT2D eigenvalue weighted by molar-refractivity contribution is 0.0909. The lowest BCUT2D eigenvalue weighted by Crippen LogP contribution is -2.16. The van der Waals surface area contributed by atoms with Crippen molar-refractivity contribution in [1.82, 2.24) is 9.78 Å². The average molecular weight is 281 g/mol. The zero-order valence-electron chi connectivity index (χ0n) is 10.6. The molecule has 6 heteroatoms. The van der Waals surface area contributed by atoms with Crippen LogP contribution in [0.1, 0.15) is 10.5 Å². The summed E-state index contributed by atoms with van der Waals surface area (Å²) in [7, 11) is 3.17. The molecule has 0 fully saturated rings. The summed E-state index contributed by atoms with van der Waals surface area (Å²) in [6.07, 6.45) is 1.49. The van der Waals surface area contributed by atoms with Crippen LogP contribution >= 0.6 is 11.6 Å². The Balaban J connectivity index is 2.07. The van der Waals surface area contributed by atoms with Gasteiger partial charge in [0.2, 0.25) is 5.78 Å². The highest BCUT2D eigenvalue weighted by Gasteiger charge is 2.18. The molecule has 0 aliphatic rings. The Morgan fingerprint density at radius 3 is 2.95 bits per heavy atom. The van der Waals surface area contributed by atoms with E-state index >= 15 is 0 Å². The van der Waals surface area contributed by atoms with E-state index < -0.39 is 0 Å². The molecule has 100 valence electrons. The Kier molecular flexibility index (Phi) is 4.06. The highest BCUT2D eigenvalue weighted by atomic mass is 35.5. The average Bonchev–Trinajstić information content (AvgIpc) is 2.77. The maximum atomic E-state index is 12.1. The number of ketones is 1. The number of ether oxygens (including phenoxy) is 2. The largest absolute Gasteiger partial charge is 0.493 e.